The largest absolute Gasteiger partial charge is 0.380 e. The van der Waals surface area contributed by atoms with Crippen molar-refractivity contribution in [2.45, 2.75) is 47.0 Å². The molecular weight excluding hydrogens is 160 g/mol. The van der Waals surface area contributed by atoms with Gasteiger partial charge in [0.1, 0.15) is 0 Å². The summed E-state index contributed by atoms with van der Waals surface area (Å²) in [7, 11) is 0. The fourth-order valence-corrected chi connectivity index (χ4v) is 3.48. The van der Waals surface area contributed by atoms with Crippen LogP contribution in [0.3, 0.4) is 0 Å². The summed E-state index contributed by atoms with van der Waals surface area (Å²) in [5.74, 6) is 0. The first-order valence-electron chi connectivity index (χ1n) is 5.55. The number of hydrogen-bond donors (Lipinski definition) is 0. The van der Waals surface area contributed by atoms with Gasteiger partial charge in [0, 0.05) is 0 Å². The van der Waals surface area contributed by atoms with Crippen LogP contribution in [0.5, 0.6) is 0 Å². The second-order valence-corrected chi connectivity index (χ2v) is 5.81. The van der Waals surface area contributed by atoms with E-state index in [1.807, 2.05) is 0 Å². The summed E-state index contributed by atoms with van der Waals surface area (Å²) >= 11 is 0. The molecule has 2 aliphatic rings. The summed E-state index contributed by atoms with van der Waals surface area (Å²) in [4.78, 5) is 0. The molecule has 2 bridgehead atoms. The van der Waals surface area contributed by atoms with E-state index >= 15 is 0 Å². The van der Waals surface area contributed by atoms with Gasteiger partial charge in [-0.1, -0.05) is 27.7 Å². The van der Waals surface area contributed by atoms with Crippen LogP contribution in [0.15, 0.2) is 0 Å². The highest BCUT2D eigenvalue weighted by atomic mass is 16.5. The molecule has 0 spiro atoms. The lowest BCUT2D eigenvalue weighted by atomic mass is 9.57. The lowest BCUT2D eigenvalue weighted by Crippen LogP contribution is -2.50. The van der Waals surface area contributed by atoms with Gasteiger partial charge in [-0.15, -0.1) is 0 Å². The Hall–Kier alpha value is -0.0400. The van der Waals surface area contributed by atoms with E-state index in [-0.39, 0.29) is 0 Å². The molecule has 76 valence electrons. The van der Waals surface area contributed by atoms with Crippen LogP contribution in [0.4, 0.5) is 0 Å². The van der Waals surface area contributed by atoms with Crippen molar-refractivity contribution >= 4 is 0 Å². The predicted octanol–water partition coefficient (Wildman–Crippen LogP) is 3.24. The summed E-state index contributed by atoms with van der Waals surface area (Å²) in [6.07, 6.45) is 4.00. The molecule has 0 aromatic rings. The predicted molar refractivity (Wildman–Crippen MR) is 54.7 cm³/mol. The molecule has 2 unspecified atom stereocenters. The molecule has 0 aromatic carbocycles. The first-order chi connectivity index (χ1) is 5.97. The van der Waals surface area contributed by atoms with Crippen molar-refractivity contribution in [3.05, 3.63) is 0 Å². The Labute approximate surface area is 81.9 Å². The third-order valence-electron chi connectivity index (χ3n) is 5.47. The van der Waals surface area contributed by atoms with Crippen LogP contribution >= 0.6 is 0 Å². The van der Waals surface area contributed by atoms with Crippen LogP contribution in [0.1, 0.15) is 47.0 Å². The standard InChI is InChI=1S/C12H22O/c1-5-12-7-6-11(4,8-13-9-12)10(12,2)3/h5-9H2,1-4H3. The second kappa shape index (κ2) is 2.50. The summed E-state index contributed by atoms with van der Waals surface area (Å²) in [5, 5.41) is 0. The molecule has 0 N–H and O–H groups in total. The highest BCUT2D eigenvalue weighted by molar-refractivity contribution is 5.10. The molecule has 13 heavy (non-hydrogen) atoms. The van der Waals surface area contributed by atoms with Crippen molar-refractivity contribution in [2.24, 2.45) is 16.2 Å². The van der Waals surface area contributed by atoms with E-state index in [1.54, 1.807) is 0 Å². The minimum Gasteiger partial charge on any atom is -0.380 e. The minimum absolute atomic E-state index is 0.432. The molecule has 2 rings (SSSR count). The molecular formula is C12H22O. The quantitative estimate of drug-likeness (QED) is 0.605. The third kappa shape index (κ3) is 0.918. The van der Waals surface area contributed by atoms with Crippen molar-refractivity contribution in [1.29, 1.82) is 0 Å². The van der Waals surface area contributed by atoms with E-state index in [1.165, 1.54) is 19.3 Å². The van der Waals surface area contributed by atoms with E-state index in [2.05, 4.69) is 27.7 Å². The second-order valence-electron chi connectivity index (χ2n) is 5.81. The van der Waals surface area contributed by atoms with Gasteiger partial charge in [0.2, 0.25) is 0 Å². The Morgan fingerprint density at radius 1 is 1.08 bits per heavy atom. The Bertz CT molecular complexity index is 221. The molecule has 0 aromatic heterocycles. The summed E-state index contributed by atoms with van der Waals surface area (Å²) in [6.45, 7) is 11.6. The topological polar surface area (TPSA) is 9.23 Å². The van der Waals surface area contributed by atoms with Gasteiger partial charge >= 0.3 is 0 Å². The zero-order valence-electron chi connectivity index (χ0n) is 9.44. The van der Waals surface area contributed by atoms with Gasteiger partial charge in [0.05, 0.1) is 13.2 Å². The van der Waals surface area contributed by atoms with Crippen LogP contribution in [0.25, 0.3) is 0 Å². The molecule has 0 radical (unpaired) electrons. The van der Waals surface area contributed by atoms with E-state index in [0.717, 1.165) is 13.2 Å². The van der Waals surface area contributed by atoms with Crippen molar-refractivity contribution in [2.75, 3.05) is 13.2 Å². The van der Waals surface area contributed by atoms with Crippen molar-refractivity contribution in [3.8, 4) is 0 Å². The fraction of sp³-hybridized carbons (Fsp3) is 1.00. The van der Waals surface area contributed by atoms with Crippen LogP contribution in [-0.4, -0.2) is 13.2 Å². The van der Waals surface area contributed by atoms with Crippen LogP contribution in [0.2, 0.25) is 0 Å². The smallest absolute Gasteiger partial charge is 0.0527 e. The van der Waals surface area contributed by atoms with Crippen LogP contribution in [-0.2, 0) is 4.74 Å². The van der Waals surface area contributed by atoms with Crippen LogP contribution in [0, 0.1) is 16.2 Å². The SMILES string of the molecule is CCC12CCC(C)(COC1)C2(C)C. The van der Waals surface area contributed by atoms with Gasteiger partial charge in [-0.25, -0.2) is 0 Å². The van der Waals surface area contributed by atoms with Crippen molar-refractivity contribution in [3.63, 3.8) is 0 Å². The normalized spacial score (nSPS) is 48.0. The zero-order valence-corrected chi connectivity index (χ0v) is 9.44. The third-order valence-corrected chi connectivity index (χ3v) is 5.47. The number of rotatable bonds is 1. The number of fused-ring (bicyclic) bond motifs is 2. The first-order valence-corrected chi connectivity index (χ1v) is 5.55. The summed E-state index contributed by atoms with van der Waals surface area (Å²) in [6, 6.07) is 0. The van der Waals surface area contributed by atoms with Gasteiger partial charge in [-0.05, 0) is 35.5 Å². The van der Waals surface area contributed by atoms with E-state index in [9.17, 15) is 0 Å². The molecule has 2 fully saturated rings. The van der Waals surface area contributed by atoms with E-state index in [4.69, 9.17) is 4.74 Å². The Balaban J connectivity index is 2.41. The maximum absolute atomic E-state index is 5.79. The number of ether oxygens (including phenoxy) is 1. The first kappa shape index (κ1) is 9.51. The minimum atomic E-state index is 0.432. The van der Waals surface area contributed by atoms with Gasteiger partial charge in [0.25, 0.3) is 0 Å². The molecule has 0 amide bonds. The van der Waals surface area contributed by atoms with Crippen molar-refractivity contribution < 1.29 is 4.74 Å². The maximum atomic E-state index is 5.79. The Morgan fingerprint density at radius 2 is 1.77 bits per heavy atom. The zero-order chi connectivity index (χ0) is 9.74. The van der Waals surface area contributed by atoms with Gasteiger partial charge in [-0.3, -0.25) is 0 Å². The molecule has 1 saturated carbocycles. The monoisotopic (exact) mass is 182 g/mol. The molecule has 1 heterocycles. The Kier molecular flexibility index (Phi) is 1.83. The summed E-state index contributed by atoms with van der Waals surface area (Å²) in [5.41, 5.74) is 1.37. The van der Waals surface area contributed by atoms with Crippen LogP contribution < -0.4 is 0 Å². The molecule has 1 aliphatic heterocycles. The molecule has 1 saturated heterocycles. The highest BCUT2D eigenvalue weighted by Crippen LogP contribution is 2.66. The highest BCUT2D eigenvalue weighted by Gasteiger charge is 2.61. The molecule has 2 atom stereocenters. The average molecular weight is 182 g/mol. The average Bonchev–Trinajstić information content (AvgIpc) is 2.26. The lowest BCUT2D eigenvalue weighted by Gasteiger charge is -2.52. The molecule has 1 nitrogen and oxygen atoms in total. The molecule has 1 heteroatoms. The molecule has 1 aliphatic carbocycles. The summed E-state index contributed by atoms with van der Waals surface area (Å²) < 4.78 is 5.79. The number of hydrogen-bond acceptors (Lipinski definition) is 1. The maximum Gasteiger partial charge on any atom is 0.0527 e. The van der Waals surface area contributed by atoms with Gasteiger partial charge < -0.3 is 4.74 Å². The lowest BCUT2D eigenvalue weighted by molar-refractivity contribution is -0.141. The Morgan fingerprint density at radius 3 is 2.31 bits per heavy atom. The van der Waals surface area contributed by atoms with E-state index in [0.29, 0.717) is 16.2 Å². The fourth-order valence-electron chi connectivity index (χ4n) is 3.48. The van der Waals surface area contributed by atoms with Gasteiger partial charge in [0.15, 0.2) is 0 Å². The van der Waals surface area contributed by atoms with Crippen molar-refractivity contribution in [1.82, 2.24) is 0 Å². The van der Waals surface area contributed by atoms with E-state index < -0.39 is 0 Å². The van der Waals surface area contributed by atoms with Gasteiger partial charge in [-0.2, -0.15) is 0 Å².